The van der Waals surface area contributed by atoms with Gasteiger partial charge in [-0.25, -0.2) is 8.42 Å². The lowest BCUT2D eigenvalue weighted by atomic mass is 9.86. The van der Waals surface area contributed by atoms with Gasteiger partial charge in [-0.05, 0) is 72.4 Å². The van der Waals surface area contributed by atoms with Crippen LogP contribution in [-0.2, 0) is 33.1 Å². The molecule has 1 aliphatic carbocycles. The molecule has 1 aliphatic heterocycles. The van der Waals surface area contributed by atoms with Crippen LogP contribution in [-0.4, -0.2) is 33.2 Å². The average molecular weight is 471 g/mol. The van der Waals surface area contributed by atoms with Crippen molar-refractivity contribution in [3.63, 3.8) is 0 Å². The lowest BCUT2D eigenvalue weighted by Crippen LogP contribution is -2.50. The maximum absolute atomic E-state index is 13.1. The first-order chi connectivity index (χ1) is 15.4. The number of sulfonamides is 1. The van der Waals surface area contributed by atoms with Crippen molar-refractivity contribution in [3.8, 4) is 5.75 Å². The summed E-state index contributed by atoms with van der Waals surface area (Å²) >= 11 is 0. The van der Waals surface area contributed by atoms with Crippen LogP contribution >= 0.6 is 0 Å². The zero-order chi connectivity index (χ0) is 24.0. The topological polar surface area (TPSA) is 75.7 Å². The van der Waals surface area contributed by atoms with Gasteiger partial charge < -0.3 is 10.1 Å². The number of rotatable bonds is 4. The number of nitrogens with one attached hydrogen (secondary N) is 1. The standard InChI is InChI=1S/C26H34N2O4S/c1-17(19-11-10-18-8-6-7-9-20(18)14-19)27-25(29)24-16-28(33(5,30)31)22-15-21(26(2,3)4)12-13-23(22)32-24/h10-15,17,24H,6-9,16H2,1-5H3,(H,27,29)/t17-,24+/m0/s1. The van der Waals surface area contributed by atoms with Gasteiger partial charge >= 0.3 is 0 Å². The first-order valence-corrected chi connectivity index (χ1v) is 13.5. The van der Waals surface area contributed by atoms with E-state index in [9.17, 15) is 13.2 Å². The molecular formula is C26H34N2O4S. The Balaban J connectivity index is 1.55. The number of ether oxygens (including phenoxy) is 1. The largest absolute Gasteiger partial charge is 0.476 e. The molecule has 0 radical (unpaired) electrons. The molecule has 2 atom stereocenters. The number of carbonyl (C=O) groups is 1. The highest BCUT2D eigenvalue weighted by atomic mass is 32.2. The number of nitrogens with zero attached hydrogens (tertiary/aromatic N) is 1. The predicted molar refractivity (Wildman–Crippen MR) is 131 cm³/mol. The molecule has 2 aromatic rings. The van der Waals surface area contributed by atoms with E-state index in [0.717, 1.165) is 30.2 Å². The van der Waals surface area contributed by atoms with Crippen LogP contribution in [0, 0.1) is 0 Å². The SMILES string of the molecule is C[C@H](NC(=O)[C@H]1CN(S(C)(=O)=O)c2cc(C(C)(C)C)ccc2O1)c1ccc2c(c1)CCCC2. The first-order valence-electron chi connectivity index (χ1n) is 11.6. The lowest BCUT2D eigenvalue weighted by molar-refractivity contribution is -0.128. The third-order valence-corrected chi connectivity index (χ3v) is 7.77. The van der Waals surface area contributed by atoms with Crippen LogP contribution in [0.15, 0.2) is 36.4 Å². The second kappa shape index (κ2) is 8.67. The van der Waals surface area contributed by atoms with Crippen molar-refractivity contribution in [2.75, 3.05) is 17.1 Å². The zero-order valence-electron chi connectivity index (χ0n) is 20.1. The van der Waals surface area contributed by atoms with E-state index in [1.165, 1.54) is 28.3 Å². The Hall–Kier alpha value is -2.54. The van der Waals surface area contributed by atoms with E-state index in [4.69, 9.17) is 4.74 Å². The minimum absolute atomic E-state index is 0.0534. The summed E-state index contributed by atoms with van der Waals surface area (Å²) in [5.74, 6) is 0.0840. The summed E-state index contributed by atoms with van der Waals surface area (Å²) in [4.78, 5) is 13.1. The number of fused-ring (bicyclic) bond motifs is 2. The van der Waals surface area contributed by atoms with E-state index in [2.05, 4.69) is 44.3 Å². The molecule has 2 aliphatic rings. The number of hydrogen-bond acceptors (Lipinski definition) is 4. The molecule has 1 N–H and O–H groups in total. The first kappa shape index (κ1) is 23.6. The van der Waals surface area contributed by atoms with E-state index in [0.29, 0.717) is 11.4 Å². The number of benzene rings is 2. The quantitative estimate of drug-likeness (QED) is 0.724. The van der Waals surface area contributed by atoms with Gasteiger partial charge in [-0.1, -0.05) is 45.0 Å². The van der Waals surface area contributed by atoms with Gasteiger partial charge in [0, 0.05) is 0 Å². The van der Waals surface area contributed by atoms with Crippen LogP contribution < -0.4 is 14.4 Å². The highest BCUT2D eigenvalue weighted by Gasteiger charge is 2.36. The fourth-order valence-electron chi connectivity index (χ4n) is 4.58. The Bertz CT molecular complexity index is 1170. The smallest absolute Gasteiger partial charge is 0.263 e. The van der Waals surface area contributed by atoms with Crippen molar-refractivity contribution in [3.05, 3.63) is 58.7 Å². The van der Waals surface area contributed by atoms with Crippen LogP contribution in [0.2, 0.25) is 0 Å². The van der Waals surface area contributed by atoms with Crippen LogP contribution in [0.1, 0.15) is 68.8 Å². The highest BCUT2D eigenvalue weighted by molar-refractivity contribution is 7.92. The van der Waals surface area contributed by atoms with E-state index in [1.807, 2.05) is 19.1 Å². The number of amides is 1. The van der Waals surface area contributed by atoms with Gasteiger partial charge in [-0.2, -0.15) is 0 Å². The number of carbonyl (C=O) groups excluding carboxylic acids is 1. The number of anilines is 1. The summed E-state index contributed by atoms with van der Waals surface area (Å²) in [6, 6.07) is 11.8. The molecule has 0 fully saturated rings. The molecule has 7 heteroatoms. The molecule has 0 spiro atoms. The molecule has 0 aromatic heterocycles. The molecule has 33 heavy (non-hydrogen) atoms. The molecule has 1 amide bonds. The summed E-state index contributed by atoms with van der Waals surface area (Å²) in [6.07, 6.45) is 4.86. The maximum Gasteiger partial charge on any atom is 0.263 e. The molecule has 1 heterocycles. The molecule has 0 bridgehead atoms. The van der Waals surface area contributed by atoms with Crippen LogP contribution in [0.4, 0.5) is 5.69 Å². The monoisotopic (exact) mass is 470 g/mol. The molecule has 4 rings (SSSR count). The minimum atomic E-state index is -3.59. The summed E-state index contributed by atoms with van der Waals surface area (Å²) in [5, 5.41) is 3.03. The Kier molecular flexibility index (Phi) is 6.20. The van der Waals surface area contributed by atoms with Gasteiger partial charge in [-0.3, -0.25) is 9.10 Å². The highest BCUT2D eigenvalue weighted by Crippen LogP contribution is 2.38. The number of hydrogen-bond donors (Lipinski definition) is 1. The van der Waals surface area contributed by atoms with Crippen molar-refractivity contribution in [1.29, 1.82) is 0 Å². The number of aryl methyl sites for hydroxylation is 2. The third-order valence-electron chi connectivity index (χ3n) is 6.62. The van der Waals surface area contributed by atoms with E-state index in [1.54, 1.807) is 6.07 Å². The third kappa shape index (κ3) is 5.03. The Morgan fingerprint density at radius 2 is 1.79 bits per heavy atom. The Morgan fingerprint density at radius 1 is 1.09 bits per heavy atom. The normalized spacial score (nSPS) is 19.2. The Labute approximate surface area is 197 Å². The van der Waals surface area contributed by atoms with E-state index < -0.39 is 16.1 Å². The Morgan fingerprint density at radius 3 is 2.45 bits per heavy atom. The molecular weight excluding hydrogens is 436 g/mol. The average Bonchev–Trinajstić information content (AvgIpc) is 2.76. The molecule has 0 unspecified atom stereocenters. The fraction of sp³-hybridized carbons (Fsp3) is 0.500. The van der Waals surface area contributed by atoms with Crippen molar-refractivity contribution < 1.29 is 17.9 Å². The van der Waals surface area contributed by atoms with E-state index >= 15 is 0 Å². The van der Waals surface area contributed by atoms with Gasteiger partial charge in [0.2, 0.25) is 10.0 Å². The van der Waals surface area contributed by atoms with Crippen LogP contribution in [0.25, 0.3) is 0 Å². The van der Waals surface area contributed by atoms with Crippen molar-refractivity contribution in [2.45, 2.75) is 70.9 Å². The maximum atomic E-state index is 13.1. The van der Waals surface area contributed by atoms with Crippen molar-refractivity contribution >= 4 is 21.6 Å². The van der Waals surface area contributed by atoms with Crippen LogP contribution in [0.3, 0.4) is 0 Å². The molecule has 2 aromatic carbocycles. The van der Waals surface area contributed by atoms with Gasteiger partial charge in [-0.15, -0.1) is 0 Å². The van der Waals surface area contributed by atoms with Crippen molar-refractivity contribution in [1.82, 2.24) is 5.32 Å². The molecule has 0 saturated carbocycles. The minimum Gasteiger partial charge on any atom is -0.476 e. The van der Waals surface area contributed by atoms with Crippen molar-refractivity contribution in [2.24, 2.45) is 0 Å². The fourth-order valence-corrected chi connectivity index (χ4v) is 5.49. The molecule has 0 saturated heterocycles. The zero-order valence-corrected chi connectivity index (χ0v) is 21.0. The molecule has 178 valence electrons. The van der Waals surface area contributed by atoms with Gasteiger partial charge in [0.25, 0.3) is 5.91 Å². The predicted octanol–water partition coefficient (Wildman–Crippen LogP) is 4.27. The summed E-state index contributed by atoms with van der Waals surface area (Å²) in [6.45, 7) is 8.11. The summed E-state index contributed by atoms with van der Waals surface area (Å²) < 4.78 is 32.5. The van der Waals surface area contributed by atoms with Gasteiger partial charge in [0.1, 0.15) is 5.75 Å². The van der Waals surface area contributed by atoms with Crippen LogP contribution in [0.5, 0.6) is 5.75 Å². The van der Waals surface area contributed by atoms with Gasteiger partial charge in [0.05, 0.1) is 24.5 Å². The summed E-state index contributed by atoms with van der Waals surface area (Å²) in [7, 11) is -3.59. The molecule has 6 nitrogen and oxygen atoms in total. The van der Waals surface area contributed by atoms with Gasteiger partial charge in [0.15, 0.2) is 6.10 Å². The van der Waals surface area contributed by atoms with E-state index in [-0.39, 0.29) is 23.9 Å². The second-order valence-corrected chi connectivity index (χ2v) is 12.2. The lowest BCUT2D eigenvalue weighted by Gasteiger charge is -2.35. The summed E-state index contributed by atoms with van der Waals surface area (Å²) in [5.41, 5.74) is 5.15. The second-order valence-electron chi connectivity index (χ2n) is 10.3.